The van der Waals surface area contributed by atoms with Gasteiger partial charge in [-0.1, -0.05) is 49.4 Å². The lowest BCUT2D eigenvalue weighted by Crippen LogP contribution is -1.94. The molecule has 0 radical (unpaired) electrons. The Bertz CT molecular complexity index is 610. The van der Waals surface area contributed by atoms with E-state index in [2.05, 4.69) is 6.92 Å². The summed E-state index contributed by atoms with van der Waals surface area (Å²) in [6.07, 6.45) is 4.35. The standard InChI is InChI=1S/C18H18O2/c1-3-14-8-10-15(11-9-14)17(19)13-12-16-6-4-5-7-18(16)20-2/h4-13H,3H2,1-2H3. The number of hydrogen-bond donors (Lipinski definition) is 0. The molecule has 0 aliphatic heterocycles. The first-order chi connectivity index (χ1) is 9.74. The third-order valence-corrected chi connectivity index (χ3v) is 3.20. The normalized spacial score (nSPS) is 10.7. The van der Waals surface area contributed by atoms with E-state index in [0.717, 1.165) is 17.7 Å². The van der Waals surface area contributed by atoms with E-state index in [1.165, 1.54) is 5.56 Å². The van der Waals surface area contributed by atoms with Gasteiger partial charge in [0, 0.05) is 11.1 Å². The lowest BCUT2D eigenvalue weighted by molar-refractivity contribution is 0.104. The molecule has 2 heteroatoms. The second-order valence-electron chi connectivity index (χ2n) is 4.49. The Morgan fingerprint density at radius 2 is 1.80 bits per heavy atom. The van der Waals surface area contributed by atoms with Crippen LogP contribution in [0.5, 0.6) is 5.75 Å². The molecule has 2 aromatic rings. The van der Waals surface area contributed by atoms with Gasteiger partial charge in [0.15, 0.2) is 5.78 Å². The van der Waals surface area contributed by atoms with E-state index in [0.29, 0.717) is 5.56 Å². The number of benzene rings is 2. The van der Waals surface area contributed by atoms with Crippen LogP contribution in [0, 0.1) is 0 Å². The average Bonchev–Trinajstić information content (AvgIpc) is 2.53. The van der Waals surface area contributed by atoms with Gasteiger partial charge < -0.3 is 4.74 Å². The zero-order valence-corrected chi connectivity index (χ0v) is 11.8. The predicted molar refractivity (Wildman–Crippen MR) is 82.2 cm³/mol. The molecule has 0 spiro atoms. The van der Waals surface area contributed by atoms with Crippen LogP contribution < -0.4 is 4.74 Å². The Labute approximate surface area is 119 Å². The van der Waals surface area contributed by atoms with Crippen molar-refractivity contribution in [3.05, 3.63) is 71.3 Å². The second kappa shape index (κ2) is 6.71. The summed E-state index contributed by atoms with van der Waals surface area (Å²) in [5.74, 6) is 0.761. The maximum Gasteiger partial charge on any atom is 0.185 e. The van der Waals surface area contributed by atoms with Gasteiger partial charge in [0.25, 0.3) is 0 Å². The van der Waals surface area contributed by atoms with Gasteiger partial charge >= 0.3 is 0 Å². The summed E-state index contributed by atoms with van der Waals surface area (Å²) in [6.45, 7) is 2.10. The molecular formula is C18H18O2. The third-order valence-electron chi connectivity index (χ3n) is 3.20. The largest absolute Gasteiger partial charge is 0.496 e. The van der Waals surface area contributed by atoms with Crippen LogP contribution in [0.4, 0.5) is 0 Å². The molecule has 0 saturated carbocycles. The molecule has 0 bridgehead atoms. The van der Waals surface area contributed by atoms with Crippen LogP contribution in [0.15, 0.2) is 54.6 Å². The second-order valence-corrected chi connectivity index (χ2v) is 4.49. The number of carbonyl (C=O) groups is 1. The molecule has 0 aliphatic rings. The van der Waals surface area contributed by atoms with Gasteiger partial charge in [-0.05, 0) is 30.2 Å². The van der Waals surface area contributed by atoms with E-state index in [1.807, 2.05) is 48.5 Å². The highest BCUT2D eigenvalue weighted by Crippen LogP contribution is 2.19. The van der Waals surface area contributed by atoms with E-state index in [9.17, 15) is 4.79 Å². The lowest BCUT2D eigenvalue weighted by atomic mass is 10.1. The van der Waals surface area contributed by atoms with Crippen LogP contribution in [0.3, 0.4) is 0 Å². The van der Waals surface area contributed by atoms with E-state index >= 15 is 0 Å². The van der Waals surface area contributed by atoms with Crippen molar-refractivity contribution in [2.45, 2.75) is 13.3 Å². The third kappa shape index (κ3) is 3.35. The van der Waals surface area contributed by atoms with Crippen molar-refractivity contribution < 1.29 is 9.53 Å². The van der Waals surface area contributed by atoms with E-state index < -0.39 is 0 Å². The Balaban J connectivity index is 2.15. The molecule has 2 nitrogen and oxygen atoms in total. The number of hydrogen-bond acceptors (Lipinski definition) is 2. The number of methoxy groups -OCH3 is 1. The summed E-state index contributed by atoms with van der Waals surface area (Å²) >= 11 is 0. The molecule has 2 aromatic carbocycles. The number of carbonyl (C=O) groups excluding carboxylic acids is 1. The van der Waals surface area contributed by atoms with Crippen molar-refractivity contribution in [2.75, 3.05) is 7.11 Å². The van der Waals surface area contributed by atoms with Crippen molar-refractivity contribution >= 4 is 11.9 Å². The van der Waals surface area contributed by atoms with Gasteiger partial charge in [0.05, 0.1) is 7.11 Å². The molecule has 0 fully saturated rings. The Morgan fingerprint density at radius 3 is 2.45 bits per heavy atom. The molecule has 0 saturated heterocycles. The monoisotopic (exact) mass is 266 g/mol. The van der Waals surface area contributed by atoms with Gasteiger partial charge in [-0.2, -0.15) is 0 Å². The molecule has 2 rings (SSSR count). The fourth-order valence-electron chi connectivity index (χ4n) is 1.97. The smallest absolute Gasteiger partial charge is 0.185 e. The maximum atomic E-state index is 12.1. The van der Waals surface area contributed by atoms with Crippen molar-refractivity contribution in [1.29, 1.82) is 0 Å². The predicted octanol–water partition coefficient (Wildman–Crippen LogP) is 4.15. The first-order valence-electron chi connectivity index (χ1n) is 6.69. The molecule has 0 N–H and O–H groups in total. The quantitative estimate of drug-likeness (QED) is 0.600. The molecule has 102 valence electrons. The zero-order valence-electron chi connectivity index (χ0n) is 11.8. The molecule has 0 amide bonds. The van der Waals surface area contributed by atoms with Gasteiger partial charge in [-0.25, -0.2) is 0 Å². The van der Waals surface area contributed by atoms with Crippen LogP contribution in [0.1, 0.15) is 28.4 Å². The number of ether oxygens (including phenoxy) is 1. The minimum atomic E-state index is -0.00133. The van der Waals surface area contributed by atoms with Crippen LogP contribution in [-0.4, -0.2) is 12.9 Å². The van der Waals surface area contributed by atoms with Gasteiger partial charge in [0.1, 0.15) is 5.75 Å². The molecular weight excluding hydrogens is 248 g/mol. The number of aryl methyl sites for hydroxylation is 1. The summed E-state index contributed by atoms with van der Waals surface area (Å²) < 4.78 is 5.25. The summed E-state index contributed by atoms with van der Waals surface area (Å²) in [5.41, 5.74) is 2.83. The topological polar surface area (TPSA) is 26.3 Å². The number of allylic oxidation sites excluding steroid dienone is 1. The maximum absolute atomic E-state index is 12.1. The van der Waals surface area contributed by atoms with E-state index in [1.54, 1.807) is 19.3 Å². The summed E-state index contributed by atoms with van der Waals surface area (Å²) in [7, 11) is 1.62. The average molecular weight is 266 g/mol. The van der Waals surface area contributed by atoms with Crippen molar-refractivity contribution in [3.8, 4) is 5.75 Å². The van der Waals surface area contributed by atoms with Gasteiger partial charge in [-0.3, -0.25) is 4.79 Å². The van der Waals surface area contributed by atoms with Crippen LogP contribution in [0.25, 0.3) is 6.08 Å². The minimum Gasteiger partial charge on any atom is -0.496 e. The Morgan fingerprint density at radius 1 is 1.10 bits per heavy atom. The number of ketones is 1. The Kier molecular flexibility index (Phi) is 4.72. The van der Waals surface area contributed by atoms with Crippen molar-refractivity contribution in [2.24, 2.45) is 0 Å². The fourth-order valence-corrected chi connectivity index (χ4v) is 1.97. The molecule has 0 aromatic heterocycles. The lowest BCUT2D eigenvalue weighted by Gasteiger charge is -2.03. The molecule has 0 heterocycles. The number of rotatable bonds is 5. The highest BCUT2D eigenvalue weighted by atomic mass is 16.5. The van der Waals surface area contributed by atoms with Crippen LogP contribution in [0.2, 0.25) is 0 Å². The fraction of sp³-hybridized carbons (Fsp3) is 0.167. The molecule has 0 unspecified atom stereocenters. The minimum absolute atomic E-state index is 0.00133. The van der Waals surface area contributed by atoms with Crippen LogP contribution >= 0.6 is 0 Å². The highest BCUT2D eigenvalue weighted by molar-refractivity contribution is 6.06. The summed E-state index contributed by atoms with van der Waals surface area (Å²) in [6, 6.07) is 15.3. The summed E-state index contributed by atoms with van der Waals surface area (Å²) in [5, 5.41) is 0. The van der Waals surface area contributed by atoms with E-state index in [-0.39, 0.29) is 5.78 Å². The summed E-state index contributed by atoms with van der Waals surface area (Å²) in [4.78, 5) is 12.1. The first-order valence-corrected chi connectivity index (χ1v) is 6.69. The molecule has 0 aliphatic carbocycles. The number of para-hydroxylation sites is 1. The highest BCUT2D eigenvalue weighted by Gasteiger charge is 2.02. The van der Waals surface area contributed by atoms with Crippen molar-refractivity contribution in [3.63, 3.8) is 0 Å². The van der Waals surface area contributed by atoms with Crippen LogP contribution in [-0.2, 0) is 6.42 Å². The molecule has 20 heavy (non-hydrogen) atoms. The Hall–Kier alpha value is -2.35. The SMILES string of the molecule is CCc1ccc(C(=O)C=Cc2ccccc2OC)cc1. The van der Waals surface area contributed by atoms with E-state index in [4.69, 9.17) is 4.74 Å². The first kappa shape index (κ1) is 14.1. The van der Waals surface area contributed by atoms with Gasteiger partial charge in [-0.15, -0.1) is 0 Å². The van der Waals surface area contributed by atoms with Crippen molar-refractivity contribution in [1.82, 2.24) is 0 Å². The zero-order chi connectivity index (χ0) is 14.4. The van der Waals surface area contributed by atoms with Gasteiger partial charge in [0.2, 0.25) is 0 Å². The molecule has 0 atom stereocenters.